The van der Waals surface area contributed by atoms with Gasteiger partial charge in [-0.3, -0.25) is 5.21 Å². The van der Waals surface area contributed by atoms with Crippen molar-refractivity contribution in [3.8, 4) is 0 Å². The molecule has 1 aromatic rings. The summed E-state index contributed by atoms with van der Waals surface area (Å²) in [6, 6.07) is 1.09. The van der Waals surface area contributed by atoms with Crippen molar-refractivity contribution in [2.45, 2.75) is 64.3 Å². The molecule has 2 atom stereocenters. The van der Waals surface area contributed by atoms with Crippen LogP contribution >= 0.6 is 0 Å². The van der Waals surface area contributed by atoms with E-state index in [0.29, 0.717) is 18.0 Å². The molecule has 1 spiro atoms. The summed E-state index contributed by atoms with van der Waals surface area (Å²) >= 11 is 0. The normalized spacial score (nSPS) is 25.9. The Balaban J connectivity index is 1.47. The average molecular weight is 378 g/mol. The van der Waals surface area contributed by atoms with E-state index in [1.165, 1.54) is 4.90 Å². The molecular weight excluding hydrogens is 352 g/mol. The molecule has 9 nitrogen and oxygen atoms in total. The Hall–Kier alpha value is -2.29. The van der Waals surface area contributed by atoms with E-state index in [1.54, 1.807) is 18.0 Å². The topological polar surface area (TPSA) is 99.4 Å². The first-order valence-corrected chi connectivity index (χ1v) is 9.28. The van der Waals surface area contributed by atoms with E-state index in [-0.39, 0.29) is 30.1 Å². The molecule has 1 N–H and O–H groups in total. The van der Waals surface area contributed by atoms with Crippen LogP contribution in [0.3, 0.4) is 0 Å². The van der Waals surface area contributed by atoms with Gasteiger partial charge in [0.05, 0.1) is 18.6 Å². The van der Waals surface area contributed by atoms with E-state index in [2.05, 4.69) is 5.16 Å². The molecule has 148 valence electrons. The van der Waals surface area contributed by atoms with Gasteiger partial charge in [0.15, 0.2) is 5.76 Å². The Morgan fingerprint density at radius 1 is 1.48 bits per heavy atom. The molecule has 4 rings (SSSR count). The zero-order valence-corrected chi connectivity index (χ0v) is 16.1. The molecule has 3 amide bonds. The lowest BCUT2D eigenvalue weighted by atomic mass is 9.84. The van der Waals surface area contributed by atoms with Crippen LogP contribution in [0.1, 0.15) is 57.5 Å². The van der Waals surface area contributed by atoms with Crippen molar-refractivity contribution in [1.29, 1.82) is 0 Å². The highest BCUT2D eigenvalue weighted by molar-refractivity contribution is 5.77. The molecule has 2 saturated heterocycles. The van der Waals surface area contributed by atoms with Gasteiger partial charge in [0.1, 0.15) is 11.3 Å². The van der Waals surface area contributed by atoms with Crippen LogP contribution in [0.15, 0.2) is 10.6 Å². The first-order chi connectivity index (χ1) is 12.6. The number of ether oxygens (including phenoxy) is 1. The number of hydrogen-bond donors (Lipinski definition) is 1. The lowest BCUT2D eigenvalue weighted by Crippen LogP contribution is -2.41. The number of urea groups is 1. The fourth-order valence-corrected chi connectivity index (χ4v) is 4.11. The molecule has 1 aliphatic carbocycles. The molecule has 0 radical (unpaired) electrons. The summed E-state index contributed by atoms with van der Waals surface area (Å²) < 4.78 is 10.7. The Morgan fingerprint density at radius 2 is 2.19 bits per heavy atom. The van der Waals surface area contributed by atoms with Crippen molar-refractivity contribution in [3.63, 3.8) is 0 Å². The van der Waals surface area contributed by atoms with Crippen LogP contribution in [-0.4, -0.2) is 62.6 Å². The minimum Gasteiger partial charge on any atom is -0.444 e. The van der Waals surface area contributed by atoms with Gasteiger partial charge >= 0.3 is 12.1 Å². The van der Waals surface area contributed by atoms with Crippen molar-refractivity contribution >= 4 is 12.1 Å². The number of rotatable bonds is 3. The summed E-state index contributed by atoms with van der Waals surface area (Å²) in [6.07, 6.45) is 2.36. The maximum Gasteiger partial charge on any atom is 0.410 e. The number of carbonyl (C=O) groups is 2. The van der Waals surface area contributed by atoms with Gasteiger partial charge in [-0.05, 0) is 45.4 Å². The maximum absolute atomic E-state index is 12.4. The summed E-state index contributed by atoms with van der Waals surface area (Å²) in [5.74, 6) is 0.526. The fourth-order valence-electron chi connectivity index (χ4n) is 4.11. The van der Waals surface area contributed by atoms with Crippen molar-refractivity contribution in [2.75, 3.05) is 13.6 Å². The third-order valence-electron chi connectivity index (χ3n) is 5.70. The van der Waals surface area contributed by atoms with Gasteiger partial charge in [-0.1, -0.05) is 5.16 Å². The Morgan fingerprint density at radius 3 is 2.81 bits per heavy atom. The second kappa shape index (κ2) is 5.85. The van der Waals surface area contributed by atoms with E-state index >= 15 is 0 Å². The summed E-state index contributed by atoms with van der Waals surface area (Å²) in [5.41, 5.74) is 0.0894. The first-order valence-electron chi connectivity index (χ1n) is 9.28. The minimum absolute atomic E-state index is 0.00546. The van der Waals surface area contributed by atoms with E-state index in [9.17, 15) is 14.8 Å². The summed E-state index contributed by atoms with van der Waals surface area (Å²) in [7, 11) is 1.63. The fraction of sp³-hybridized carbons (Fsp3) is 0.722. The van der Waals surface area contributed by atoms with Crippen LogP contribution in [0.5, 0.6) is 0 Å². The predicted octanol–water partition coefficient (Wildman–Crippen LogP) is 2.76. The van der Waals surface area contributed by atoms with Gasteiger partial charge in [-0.25, -0.2) is 14.7 Å². The molecule has 0 unspecified atom stereocenters. The minimum atomic E-state index is -0.568. The lowest BCUT2D eigenvalue weighted by molar-refractivity contribution is -0.0782. The monoisotopic (exact) mass is 378 g/mol. The zero-order chi connectivity index (χ0) is 19.6. The summed E-state index contributed by atoms with van der Waals surface area (Å²) in [6.45, 7) is 6.18. The molecule has 9 heteroatoms. The molecule has 3 fully saturated rings. The number of nitrogens with zero attached hydrogens (tertiary/aromatic N) is 4. The molecule has 27 heavy (non-hydrogen) atoms. The van der Waals surface area contributed by atoms with Crippen LogP contribution in [0.4, 0.5) is 9.59 Å². The van der Waals surface area contributed by atoms with Crippen molar-refractivity contribution < 1.29 is 24.1 Å². The van der Waals surface area contributed by atoms with Crippen LogP contribution in [0.2, 0.25) is 0 Å². The number of carbonyl (C=O) groups excluding carboxylic acids is 2. The van der Waals surface area contributed by atoms with Gasteiger partial charge in [-0.2, -0.15) is 0 Å². The molecule has 3 aliphatic rings. The highest BCUT2D eigenvalue weighted by atomic mass is 16.6. The Kier molecular flexibility index (Phi) is 3.92. The van der Waals surface area contributed by atoms with Crippen LogP contribution < -0.4 is 0 Å². The van der Waals surface area contributed by atoms with E-state index in [0.717, 1.165) is 24.3 Å². The Labute approximate surface area is 157 Å². The summed E-state index contributed by atoms with van der Waals surface area (Å²) in [4.78, 5) is 27.6. The van der Waals surface area contributed by atoms with Crippen molar-refractivity contribution in [3.05, 3.63) is 17.5 Å². The standard InChI is InChI=1S/C18H26N4O5/c1-17(2,3)26-16(24)20(4)9-11-7-12(19-27-11)13-8-18(5-6-18)14-10-21(13)15(23)22(14)25/h7,13-14,25H,5-6,8-10H2,1-4H3/t13-,14-/m0/s1. The second-order valence-electron chi connectivity index (χ2n) is 8.93. The molecule has 1 aromatic heterocycles. The van der Waals surface area contributed by atoms with Gasteiger partial charge in [0, 0.05) is 19.7 Å². The summed E-state index contributed by atoms with van der Waals surface area (Å²) in [5, 5.41) is 15.2. The zero-order valence-electron chi connectivity index (χ0n) is 16.1. The number of aromatic nitrogens is 1. The van der Waals surface area contributed by atoms with E-state index in [1.807, 2.05) is 20.8 Å². The molecule has 2 bridgehead atoms. The molecular formula is C18H26N4O5. The largest absolute Gasteiger partial charge is 0.444 e. The van der Waals surface area contributed by atoms with Gasteiger partial charge in [0.2, 0.25) is 0 Å². The maximum atomic E-state index is 12.4. The molecule has 3 heterocycles. The van der Waals surface area contributed by atoms with Crippen molar-refractivity contribution in [2.24, 2.45) is 5.41 Å². The number of hydrogen-bond acceptors (Lipinski definition) is 6. The smallest absolute Gasteiger partial charge is 0.410 e. The van der Waals surface area contributed by atoms with E-state index < -0.39 is 11.7 Å². The quantitative estimate of drug-likeness (QED) is 0.812. The van der Waals surface area contributed by atoms with Crippen LogP contribution in [0, 0.1) is 5.41 Å². The van der Waals surface area contributed by atoms with Gasteiger partial charge in [0.25, 0.3) is 0 Å². The second-order valence-corrected chi connectivity index (χ2v) is 8.93. The third kappa shape index (κ3) is 3.13. The third-order valence-corrected chi connectivity index (χ3v) is 5.70. The van der Waals surface area contributed by atoms with Gasteiger partial charge < -0.3 is 19.1 Å². The predicted molar refractivity (Wildman–Crippen MR) is 92.7 cm³/mol. The molecule has 1 saturated carbocycles. The number of hydroxylamine groups is 2. The number of fused-ring (bicyclic) bond motifs is 3. The number of amides is 3. The molecule has 0 aromatic carbocycles. The lowest BCUT2D eigenvalue weighted by Gasteiger charge is -2.35. The van der Waals surface area contributed by atoms with Crippen molar-refractivity contribution in [1.82, 2.24) is 20.0 Å². The van der Waals surface area contributed by atoms with Crippen LogP contribution in [0.25, 0.3) is 0 Å². The first kappa shape index (κ1) is 18.1. The van der Waals surface area contributed by atoms with Crippen LogP contribution in [-0.2, 0) is 11.3 Å². The van der Waals surface area contributed by atoms with E-state index in [4.69, 9.17) is 9.26 Å². The number of piperidine rings is 1. The molecule has 2 aliphatic heterocycles. The highest BCUT2D eigenvalue weighted by Gasteiger charge is 2.63. The highest BCUT2D eigenvalue weighted by Crippen LogP contribution is 2.61. The SMILES string of the molecule is CN(Cc1cc([C@@H]2CC3(CC3)[C@@H]3CN2C(=O)N3O)no1)C(=O)OC(C)(C)C. The van der Waals surface area contributed by atoms with Gasteiger partial charge in [-0.15, -0.1) is 0 Å². The Bertz CT molecular complexity index is 766. The average Bonchev–Trinajstić information content (AvgIpc) is 3.09.